The quantitative estimate of drug-likeness (QED) is 0.571. The molecular formula is C25H24N2O4+2. The Hall–Kier alpha value is -3.54. The Bertz CT molecular complexity index is 1200. The topological polar surface area (TPSA) is 60.4 Å². The molecule has 3 aromatic rings. The van der Waals surface area contributed by atoms with Crippen LogP contribution in [0, 0.1) is 6.92 Å². The first kappa shape index (κ1) is 19.4. The van der Waals surface area contributed by atoms with Crippen LogP contribution >= 0.6 is 0 Å². The summed E-state index contributed by atoms with van der Waals surface area (Å²) in [4.78, 5) is 24.2. The maximum atomic E-state index is 12.6. The van der Waals surface area contributed by atoms with Crippen LogP contribution in [0.2, 0.25) is 0 Å². The highest BCUT2D eigenvalue weighted by molar-refractivity contribution is 5.63. The SMILES string of the molecule is COC(=O)[n+]1cc[n+](C(=O)Oc2ccc3c(c2)C2(CCc4ccc(C)cc42)CC3)cc1. The van der Waals surface area contributed by atoms with E-state index >= 15 is 0 Å². The second-order valence-corrected chi connectivity index (χ2v) is 8.31. The van der Waals surface area contributed by atoms with Crippen molar-refractivity contribution in [1.29, 1.82) is 0 Å². The van der Waals surface area contributed by atoms with Crippen molar-refractivity contribution >= 4 is 12.2 Å². The Morgan fingerprint density at radius 2 is 1.42 bits per heavy atom. The van der Waals surface area contributed by atoms with Crippen LogP contribution in [0.3, 0.4) is 0 Å². The van der Waals surface area contributed by atoms with Crippen LogP contribution in [0.15, 0.2) is 61.2 Å². The minimum absolute atomic E-state index is 0.0189. The van der Waals surface area contributed by atoms with Crippen LogP contribution in [0.25, 0.3) is 0 Å². The first-order chi connectivity index (χ1) is 15.0. The molecule has 1 heterocycles. The van der Waals surface area contributed by atoms with E-state index in [0.29, 0.717) is 5.75 Å². The zero-order valence-electron chi connectivity index (χ0n) is 17.6. The molecule has 1 unspecified atom stereocenters. The molecule has 0 fully saturated rings. The van der Waals surface area contributed by atoms with Gasteiger partial charge < -0.3 is 9.47 Å². The number of benzene rings is 2. The average molecular weight is 416 g/mol. The number of hydrogen-bond donors (Lipinski definition) is 0. The summed E-state index contributed by atoms with van der Waals surface area (Å²) in [5.74, 6) is 0.531. The molecule has 0 radical (unpaired) electrons. The molecule has 5 rings (SSSR count). The molecular weight excluding hydrogens is 392 g/mol. The predicted octanol–water partition coefficient (Wildman–Crippen LogP) is 3.41. The Balaban J connectivity index is 1.43. The van der Waals surface area contributed by atoms with Crippen LogP contribution < -0.4 is 13.9 Å². The van der Waals surface area contributed by atoms with Crippen molar-refractivity contribution in [2.75, 3.05) is 7.11 Å². The summed E-state index contributed by atoms with van der Waals surface area (Å²) in [6, 6.07) is 12.8. The smallest absolute Gasteiger partial charge is 0.415 e. The third-order valence-corrected chi connectivity index (χ3v) is 6.60. The van der Waals surface area contributed by atoms with E-state index < -0.39 is 12.2 Å². The monoisotopic (exact) mass is 416 g/mol. The van der Waals surface area contributed by atoms with Crippen molar-refractivity contribution in [2.45, 2.75) is 38.0 Å². The van der Waals surface area contributed by atoms with E-state index in [-0.39, 0.29) is 5.41 Å². The average Bonchev–Trinajstić information content (AvgIpc) is 3.35. The molecule has 1 aromatic heterocycles. The first-order valence-corrected chi connectivity index (χ1v) is 10.5. The van der Waals surface area contributed by atoms with Crippen molar-refractivity contribution in [3.05, 3.63) is 89.0 Å². The van der Waals surface area contributed by atoms with Gasteiger partial charge in [-0.3, -0.25) is 0 Å². The van der Waals surface area contributed by atoms with Crippen LogP contribution in [0.5, 0.6) is 5.75 Å². The summed E-state index contributed by atoms with van der Waals surface area (Å²) in [5, 5.41) is 0. The van der Waals surface area contributed by atoms with Gasteiger partial charge in [-0.1, -0.05) is 39.0 Å². The van der Waals surface area contributed by atoms with E-state index in [4.69, 9.17) is 4.74 Å². The number of rotatable bonds is 1. The van der Waals surface area contributed by atoms with E-state index in [9.17, 15) is 9.59 Å². The van der Waals surface area contributed by atoms with Crippen molar-refractivity contribution in [3.63, 3.8) is 0 Å². The number of ether oxygens (including phenoxy) is 2. The molecule has 31 heavy (non-hydrogen) atoms. The molecule has 0 N–H and O–H groups in total. The van der Waals surface area contributed by atoms with Gasteiger partial charge in [0, 0.05) is 5.41 Å². The van der Waals surface area contributed by atoms with Gasteiger partial charge >= 0.3 is 12.2 Å². The molecule has 1 spiro atoms. The number of methoxy groups -OCH3 is 1. The first-order valence-electron chi connectivity index (χ1n) is 10.5. The lowest BCUT2D eigenvalue weighted by molar-refractivity contribution is -0.642. The van der Waals surface area contributed by atoms with Crippen molar-refractivity contribution in [2.24, 2.45) is 0 Å². The highest BCUT2D eigenvalue weighted by Gasteiger charge is 2.45. The lowest BCUT2D eigenvalue weighted by Crippen LogP contribution is -2.50. The lowest BCUT2D eigenvalue weighted by atomic mass is 9.76. The third-order valence-electron chi connectivity index (χ3n) is 6.60. The minimum Gasteiger partial charge on any atom is -0.415 e. The van der Waals surface area contributed by atoms with Gasteiger partial charge in [0.25, 0.3) is 0 Å². The van der Waals surface area contributed by atoms with Crippen molar-refractivity contribution < 1.29 is 28.2 Å². The molecule has 2 aliphatic carbocycles. The van der Waals surface area contributed by atoms with Crippen LogP contribution in [-0.4, -0.2) is 19.3 Å². The van der Waals surface area contributed by atoms with Gasteiger partial charge in [0.1, 0.15) is 5.75 Å². The van der Waals surface area contributed by atoms with Crippen molar-refractivity contribution in [1.82, 2.24) is 0 Å². The molecule has 0 bridgehead atoms. The maximum Gasteiger partial charge on any atom is 0.607 e. The number of hydrogen-bond acceptors (Lipinski definition) is 4. The van der Waals surface area contributed by atoms with Gasteiger partial charge in [-0.2, -0.15) is 9.59 Å². The van der Waals surface area contributed by atoms with Gasteiger partial charge in [0.05, 0.1) is 7.11 Å². The molecule has 2 aromatic carbocycles. The second kappa shape index (κ2) is 7.30. The number of fused-ring (bicyclic) bond motifs is 4. The van der Waals surface area contributed by atoms with Crippen molar-refractivity contribution in [3.8, 4) is 5.75 Å². The zero-order chi connectivity index (χ0) is 21.6. The summed E-state index contributed by atoms with van der Waals surface area (Å²) < 4.78 is 12.8. The molecule has 0 saturated carbocycles. The molecule has 0 amide bonds. The lowest BCUT2D eigenvalue weighted by Gasteiger charge is -2.27. The van der Waals surface area contributed by atoms with Gasteiger partial charge in [-0.15, -0.1) is 0 Å². The highest BCUT2D eigenvalue weighted by atomic mass is 16.6. The van der Waals surface area contributed by atoms with Gasteiger partial charge in [0.15, 0.2) is 0 Å². The normalized spacial score (nSPS) is 18.5. The number of aryl methyl sites for hydroxylation is 3. The van der Waals surface area contributed by atoms with E-state index in [2.05, 4.69) is 35.9 Å². The maximum absolute atomic E-state index is 12.6. The Morgan fingerprint density at radius 3 is 2.06 bits per heavy atom. The zero-order valence-corrected chi connectivity index (χ0v) is 17.6. The Kier molecular flexibility index (Phi) is 4.58. The molecule has 0 saturated heterocycles. The summed E-state index contributed by atoms with van der Waals surface area (Å²) >= 11 is 0. The molecule has 2 aliphatic rings. The van der Waals surface area contributed by atoms with Gasteiger partial charge in [-0.05, 0) is 67.0 Å². The second-order valence-electron chi connectivity index (χ2n) is 8.31. The fourth-order valence-electron chi connectivity index (χ4n) is 5.03. The molecule has 6 nitrogen and oxygen atoms in total. The van der Waals surface area contributed by atoms with E-state index in [1.807, 2.05) is 12.1 Å². The Morgan fingerprint density at radius 1 is 0.839 bits per heavy atom. The minimum atomic E-state index is -0.535. The van der Waals surface area contributed by atoms with Crippen LogP contribution in [-0.2, 0) is 23.0 Å². The predicted molar refractivity (Wildman–Crippen MR) is 111 cm³/mol. The highest BCUT2D eigenvalue weighted by Crippen LogP contribution is 2.53. The van der Waals surface area contributed by atoms with Gasteiger partial charge in [0.2, 0.25) is 24.8 Å². The fourth-order valence-corrected chi connectivity index (χ4v) is 5.03. The summed E-state index contributed by atoms with van der Waals surface area (Å²) in [6.45, 7) is 2.14. The van der Waals surface area contributed by atoms with E-state index in [1.54, 1.807) is 0 Å². The molecule has 1 atom stereocenters. The fraction of sp³-hybridized carbons (Fsp3) is 0.280. The van der Waals surface area contributed by atoms with Crippen LogP contribution in [0.1, 0.15) is 40.7 Å². The molecule has 6 heteroatoms. The van der Waals surface area contributed by atoms with Gasteiger partial charge in [-0.25, -0.2) is 0 Å². The molecule has 156 valence electrons. The summed E-state index contributed by atoms with van der Waals surface area (Å²) in [5.41, 5.74) is 6.77. The van der Waals surface area contributed by atoms with E-state index in [1.165, 1.54) is 68.8 Å². The molecule has 0 aliphatic heterocycles. The third kappa shape index (κ3) is 3.19. The largest absolute Gasteiger partial charge is 0.607 e. The van der Waals surface area contributed by atoms with E-state index in [0.717, 1.165) is 25.7 Å². The number of carbonyl (C=O) groups is 2. The standard InChI is InChI=1S/C25H24N2O4/c1-17-3-4-18-7-9-25(21(18)15-17)10-8-19-5-6-20(16-22(19)25)31-24(29)27-13-11-26(12-14-27)23(28)30-2/h3-6,11-16H,7-10H2,1-2H3/q+2. The summed E-state index contributed by atoms with van der Waals surface area (Å²) in [7, 11) is 1.30. The number of aromatic nitrogens is 2. The Labute approximate surface area is 180 Å². The number of carbonyl (C=O) groups excluding carboxylic acids is 2. The van der Waals surface area contributed by atoms with Crippen LogP contribution in [0.4, 0.5) is 9.59 Å². The summed E-state index contributed by atoms with van der Waals surface area (Å²) in [6.07, 6.45) is 9.06. The number of nitrogens with zero attached hydrogens (tertiary/aromatic N) is 2.